The molecule has 200 valence electrons. The Hall–Kier alpha value is -3.40. The predicted octanol–water partition coefficient (Wildman–Crippen LogP) is 3.41. The van der Waals surface area contributed by atoms with Crippen molar-refractivity contribution in [1.29, 1.82) is 0 Å². The quantitative estimate of drug-likeness (QED) is 0.499. The number of anilines is 1. The number of nitrogens with one attached hydrogen (secondary N) is 1. The third-order valence-corrected chi connectivity index (χ3v) is 8.65. The molecule has 2 aliphatic heterocycles. The van der Waals surface area contributed by atoms with Gasteiger partial charge in [-0.1, -0.05) is 48.0 Å². The first-order valence-electron chi connectivity index (χ1n) is 12.8. The molecule has 0 aromatic heterocycles. The normalized spacial score (nSPS) is 17.9. The number of benzene rings is 3. The molecule has 9 heteroatoms. The van der Waals surface area contributed by atoms with E-state index in [2.05, 4.69) is 22.3 Å². The third kappa shape index (κ3) is 5.85. The molecule has 0 unspecified atom stereocenters. The van der Waals surface area contributed by atoms with Gasteiger partial charge in [0.25, 0.3) is 15.9 Å². The number of nitrogens with zero attached hydrogens (tertiary/aromatic N) is 2. The number of sulfonamides is 1. The molecule has 3 aromatic carbocycles. The molecule has 1 atom stereocenters. The second-order valence-electron chi connectivity index (χ2n) is 9.85. The maximum absolute atomic E-state index is 13.6. The lowest BCUT2D eigenvalue weighted by Gasteiger charge is -2.35. The molecule has 1 fully saturated rings. The van der Waals surface area contributed by atoms with Gasteiger partial charge in [0.05, 0.1) is 30.3 Å². The van der Waals surface area contributed by atoms with Crippen molar-refractivity contribution in [3.8, 4) is 5.75 Å². The van der Waals surface area contributed by atoms with E-state index in [0.29, 0.717) is 18.0 Å². The Kier molecular flexibility index (Phi) is 7.69. The van der Waals surface area contributed by atoms with E-state index in [1.54, 1.807) is 36.4 Å². The third-order valence-electron chi connectivity index (χ3n) is 6.85. The molecular weight excluding hydrogens is 502 g/mol. The van der Waals surface area contributed by atoms with Crippen LogP contribution < -0.4 is 14.4 Å². The van der Waals surface area contributed by atoms with Gasteiger partial charge in [0, 0.05) is 26.2 Å². The van der Waals surface area contributed by atoms with E-state index < -0.39 is 16.1 Å². The van der Waals surface area contributed by atoms with E-state index >= 15 is 0 Å². The van der Waals surface area contributed by atoms with Crippen molar-refractivity contribution in [3.05, 3.63) is 89.0 Å². The number of morpholine rings is 1. The van der Waals surface area contributed by atoms with Gasteiger partial charge in [-0.3, -0.25) is 14.0 Å². The summed E-state index contributed by atoms with van der Waals surface area (Å²) in [6.45, 7) is 8.14. The molecule has 1 N–H and O–H groups in total. The van der Waals surface area contributed by atoms with Crippen LogP contribution in [0.3, 0.4) is 0 Å². The summed E-state index contributed by atoms with van der Waals surface area (Å²) in [6, 6.07) is 20.2. The number of aryl methyl sites for hydroxylation is 2. The van der Waals surface area contributed by atoms with Gasteiger partial charge in [-0.25, -0.2) is 8.42 Å². The maximum Gasteiger partial charge on any atom is 0.264 e. The number of hydrogen-bond acceptors (Lipinski definition) is 6. The summed E-state index contributed by atoms with van der Waals surface area (Å²) in [5.74, 6) is 0.0134. The van der Waals surface area contributed by atoms with Crippen LogP contribution in [0.4, 0.5) is 5.69 Å². The zero-order valence-corrected chi connectivity index (χ0v) is 22.5. The summed E-state index contributed by atoms with van der Waals surface area (Å²) < 4.78 is 40.0. The topological polar surface area (TPSA) is 88.2 Å². The number of ether oxygens (including phenoxy) is 2. The highest BCUT2D eigenvalue weighted by Crippen LogP contribution is 2.37. The lowest BCUT2D eigenvalue weighted by Crippen LogP contribution is -2.50. The van der Waals surface area contributed by atoms with Gasteiger partial charge in [0.15, 0.2) is 6.10 Å². The molecule has 0 radical (unpaired) electrons. The molecule has 1 saturated heterocycles. The highest BCUT2D eigenvalue weighted by atomic mass is 32.2. The van der Waals surface area contributed by atoms with Crippen LogP contribution in [0.25, 0.3) is 0 Å². The number of hydrogen-bond donors (Lipinski definition) is 1. The van der Waals surface area contributed by atoms with Gasteiger partial charge < -0.3 is 14.8 Å². The Morgan fingerprint density at radius 2 is 1.66 bits per heavy atom. The Morgan fingerprint density at radius 3 is 2.42 bits per heavy atom. The van der Waals surface area contributed by atoms with Crippen LogP contribution in [-0.2, 0) is 32.6 Å². The average molecular weight is 536 g/mol. The van der Waals surface area contributed by atoms with Crippen LogP contribution >= 0.6 is 0 Å². The minimum Gasteiger partial charge on any atom is -0.476 e. The van der Waals surface area contributed by atoms with Gasteiger partial charge >= 0.3 is 0 Å². The fourth-order valence-electron chi connectivity index (χ4n) is 4.72. The van der Waals surface area contributed by atoms with Crippen molar-refractivity contribution in [3.63, 3.8) is 0 Å². The molecule has 0 bridgehead atoms. The lowest BCUT2D eigenvalue weighted by atomic mass is 10.1. The summed E-state index contributed by atoms with van der Waals surface area (Å²) in [5.41, 5.74) is 4.45. The number of carbonyl (C=O) groups is 1. The summed E-state index contributed by atoms with van der Waals surface area (Å²) in [5, 5.41) is 2.95. The van der Waals surface area contributed by atoms with Crippen molar-refractivity contribution >= 4 is 21.6 Å². The van der Waals surface area contributed by atoms with Crippen molar-refractivity contribution in [2.75, 3.05) is 37.2 Å². The largest absolute Gasteiger partial charge is 0.476 e. The zero-order chi connectivity index (χ0) is 26.7. The van der Waals surface area contributed by atoms with Crippen molar-refractivity contribution in [2.45, 2.75) is 37.9 Å². The molecule has 1 amide bonds. The molecule has 5 rings (SSSR count). The summed E-state index contributed by atoms with van der Waals surface area (Å²) in [7, 11) is -3.90. The second-order valence-corrected chi connectivity index (χ2v) is 11.7. The highest BCUT2D eigenvalue weighted by molar-refractivity contribution is 7.92. The summed E-state index contributed by atoms with van der Waals surface area (Å²) >= 11 is 0. The first kappa shape index (κ1) is 26.2. The van der Waals surface area contributed by atoms with Crippen LogP contribution in [0.15, 0.2) is 71.6 Å². The average Bonchev–Trinajstić information content (AvgIpc) is 2.92. The fraction of sp³-hybridized carbons (Fsp3) is 0.345. The number of carbonyl (C=O) groups excluding carboxylic acids is 1. The van der Waals surface area contributed by atoms with Gasteiger partial charge in [-0.15, -0.1) is 0 Å². The number of rotatable bonds is 7. The van der Waals surface area contributed by atoms with Crippen LogP contribution in [0.5, 0.6) is 5.75 Å². The molecule has 38 heavy (non-hydrogen) atoms. The predicted molar refractivity (Wildman–Crippen MR) is 146 cm³/mol. The molecule has 2 aliphatic rings. The van der Waals surface area contributed by atoms with Gasteiger partial charge in [-0.05, 0) is 54.8 Å². The SMILES string of the molecule is Cc1ccc(S(=O)(=O)N2C[C@H](C(=O)NCc3cccc(CN4CCOCC4)c3)Oc3cc(C)ccc32)cc1. The number of amides is 1. The maximum atomic E-state index is 13.6. The van der Waals surface area contributed by atoms with E-state index in [1.165, 1.54) is 9.87 Å². The van der Waals surface area contributed by atoms with Crippen LogP contribution in [0.2, 0.25) is 0 Å². The van der Waals surface area contributed by atoms with Crippen LogP contribution in [0, 0.1) is 13.8 Å². The Balaban J connectivity index is 1.31. The van der Waals surface area contributed by atoms with Crippen molar-refractivity contribution in [1.82, 2.24) is 10.2 Å². The minimum atomic E-state index is -3.90. The molecule has 0 spiro atoms. The van der Waals surface area contributed by atoms with E-state index in [1.807, 2.05) is 32.0 Å². The lowest BCUT2D eigenvalue weighted by molar-refractivity contribution is -0.127. The first-order valence-corrected chi connectivity index (χ1v) is 14.3. The van der Waals surface area contributed by atoms with Crippen LogP contribution in [-0.4, -0.2) is 58.2 Å². The smallest absolute Gasteiger partial charge is 0.264 e. The van der Waals surface area contributed by atoms with E-state index in [-0.39, 0.29) is 17.3 Å². The first-order chi connectivity index (χ1) is 18.3. The fourth-order valence-corrected chi connectivity index (χ4v) is 6.20. The second kappa shape index (κ2) is 11.1. The minimum absolute atomic E-state index is 0.116. The standard InChI is InChI=1S/C29H33N3O5S/c1-21-6-9-25(10-7-21)38(34,35)32-20-28(37-27-16-22(2)8-11-26(27)32)29(33)30-18-23-4-3-5-24(17-23)19-31-12-14-36-15-13-31/h3-11,16-17,28H,12-15,18-20H2,1-2H3,(H,30,33)/t28-/m1/s1. The van der Waals surface area contributed by atoms with Crippen molar-refractivity contribution < 1.29 is 22.7 Å². The van der Waals surface area contributed by atoms with Crippen molar-refractivity contribution in [2.24, 2.45) is 0 Å². The molecule has 0 saturated carbocycles. The zero-order valence-electron chi connectivity index (χ0n) is 21.7. The number of fused-ring (bicyclic) bond motifs is 1. The Morgan fingerprint density at radius 1 is 0.947 bits per heavy atom. The van der Waals surface area contributed by atoms with Crippen LogP contribution in [0.1, 0.15) is 22.3 Å². The van der Waals surface area contributed by atoms with Gasteiger partial charge in [-0.2, -0.15) is 0 Å². The van der Waals surface area contributed by atoms with Gasteiger partial charge in [0.1, 0.15) is 5.75 Å². The molecule has 8 nitrogen and oxygen atoms in total. The van der Waals surface area contributed by atoms with E-state index in [4.69, 9.17) is 9.47 Å². The summed E-state index contributed by atoms with van der Waals surface area (Å²) in [6.07, 6.45) is -0.985. The Bertz CT molecular complexity index is 1400. The monoisotopic (exact) mass is 535 g/mol. The van der Waals surface area contributed by atoms with E-state index in [0.717, 1.165) is 49.5 Å². The highest BCUT2D eigenvalue weighted by Gasteiger charge is 2.37. The molecule has 0 aliphatic carbocycles. The summed E-state index contributed by atoms with van der Waals surface area (Å²) in [4.78, 5) is 15.8. The molecule has 2 heterocycles. The Labute approximate surface area is 224 Å². The molecule has 3 aromatic rings. The van der Waals surface area contributed by atoms with E-state index in [9.17, 15) is 13.2 Å². The van der Waals surface area contributed by atoms with Gasteiger partial charge in [0.2, 0.25) is 0 Å². The molecular formula is C29H33N3O5S.